The molecule has 0 aliphatic carbocycles. The first-order valence-corrected chi connectivity index (χ1v) is 6.44. The molecule has 92 valence electrons. The van der Waals surface area contributed by atoms with E-state index in [1.54, 1.807) is 23.1 Å². The van der Waals surface area contributed by atoms with Gasteiger partial charge in [-0.2, -0.15) is 0 Å². The standard InChI is InChI=1S/C12H9BrN2O3/c13-9-3-4-15(12(9)18)6-1-2-7-8(5-6)11(17)14-10(7)16/h1-2,5,9H,3-4H2,(H,14,16,17). The van der Waals surface area contributed by atoms with Crippen LogP contribution in [0.4, 0.5) is 5.69 Å². The molecule has 2 aliphatic rings. The molecule has 1 aromatic carbocycles. The van der Waals surface area contributed by atoms with E-state index in [2.05, 4.69) is 21.2 Å². The van der Waals surface area contributed by atoms with E-state index in [1.165, 1.54) is 0 Å². The van der Waals surface area contributed by atoms with Crippen molar-refractivity contribution >= 4 is 39.3 Å². The van der Waals surface area contributed by atoms with Gasteiger partial charge in [0.05, 0.1) is 16.0 Å². The summed E-state index contributed by atoms with van der Waals surface area (Å²) < 4.78 is 0. The van der Waals surface area contributed by atoms with Crippen LogP contribution in [0.25, 0.3) is 0 Å². The molecule has 0 radical (unpaired) electrons. The minimum atomic E-state index is -0.404. The molecular weight excluding hydrogens is 300 g/mol. The third kappa shape index (κ3) is 1.56. The Morgan fingerprint density at radius 2 is 1.89 bits per heavy atom. The van der Waals surface area contributed by atoms with Crippen LogP contribution in [0.15, 0.2) is 18.2 Å². The van der Waals surface area contributed by atoms with Crippen molar-refractivity contribution in [3.05, 3.63) is 29.3 Å². The predicted molar refractivity (Wildman–Crippen MR) is 67.9 cm³/mol. The summed E-state index contributed by atoms with van der Waals surface area (Å²) in [6.45, 7) is 0.614. The third-order valence-electron chi connectivity index (χ3n) is 3.17. The van der Waals surface area contributed by atoms with Gasteiger partial charge in [-0.3, -0.25) is 19.7 Å². The van der Waals surface area contributed by atoms with Gasteiger partial charge in [-0.1, -0.05) is 15.9 Å². The van der Waals surface area contributed by atoms with Gasteiger partial charge < -0.3 is 4.90 Å². The Kier molecular flexibility index (Phi) is 2.48. The minimum absolute atomic E-state index is 0.0142. The first kappa shape index (κ1) is 11.4. The molecule has 1 N–H and O–H groups in total. The van der Waals surface area contributed by atoms with Crippen LogP contribution in [0.5, 0.6) is 0 Å². The van der Waals surface area contributed by atoms with E-state index in [0.29, 0.717) is 23.4 Å². The molecule has 1 unspecified atom stereocenters. The van der Waals surface area contributed by atoms with Crippen molar-refractivity contribution in [2.45, 2.75) is 11.2 Å². The van der Waals surface area contributed by atoms with Gasteiger partial charge in [-0.25, -0.2) is 0 Å². The Morgan fingerprint density at radius 1 is 1.17 bits per heavy atom. The second-order valence-corrected chi connectivity index (χ2v) is 5.36. The number of alkyl halides is 1. The number of nitrogens with one attached hydrogen (secondary N) is 1. The summed E-state index contributed by atoms with van der Waals surface area (Å²) in [5, 5.41) is 2.23. The number of rotatable bonds is 1. The van der Waals surface area contributed by atoms with Crippen molar-refractivity contribution in [2.24, 2.45) is 0 Å². The summed E-state index contributed by atoms with van der Waals surface area (Å²) in [6.07, 6.45) is 0.737. The molecular formula is C12H9BrN2O3. The molecule has 18 heavy (non-hydrogen) atoms. The predicted octanol–water partition coefficient (Wildman–Crippen LogP) is 1.07. The van der Waals surface area contributed by atoms with Crippen molar-refractivity contribution in [1.82, 2.24) is 5.32 Å². The molecule has 0 spiro atoms. The van der Waals surface area contributed by atoms with E-state index in [0.717, 1.165) is 6.42 Å². The summed E-state index contributed by atoms with van der Waals surface area (Å²) in [5.41, 5.74) is 1.36. The Hall–Kier alpha value is -1.69. The highest BCUT2D eigenvalue weighted by molar-refractivity contribution is 9.10. The maximum Gasteiger partial charge on any atom is 0.259 e. The fraction of sp³-hybridized carbons (Fsp3) is 0.250. The van der Waals surface area contributed by atoms with Crippen LogP contribution in [-0.2, 0) is 4.79 Å². The zero-order chi connectivity index (χ0) is 12.9. The third-order valence-corrected chi connectivity index (χ3v) is 4.02. The molecule has 3 rings (SSSR count). The second kappa shape index (κ2) is 3.91. The van der Waals surface area contributed by atoms with Crippen LogP contribution in [0.1, 0.15) is 27.1 Å². The van der Waals surface area contributed by atoms with E-state index in [4.69, 9.17) is 0 Å². The number of imide groups is 1. The minimum Gasteiger partial charge on any atom is -0.311 e. The molecule has 5 nitrogen and oxygen atoms in total. The number of fused-ring (bicyclic) bond motifs is 1. The molecule has 1 fully saturated rings. The molecule has 0 bridgehead atoms. The largest absolute Gasteiger partial charge is 0.311 e. The number of hydrogen-bond donors (Lipinski definition) is 1. The SMILES string of the molecule is O=C1NC(=O)c2cc(N3CCC(Br)C3=O)ccc21. The highest BCUT2D eigenvalue weighted by Gasteiger charge is 2.33. The second-order valence-electron chi connectivity index (χ2n) is 4.26. The van der Waals surface area contributed by atoms with Crippen LogP contribution >= 0.6 is 15.9 Å². The Labute approximate surface area is 111 Å². The van der Waals surface area contributed by atoms with Gasteiger partial charge in [-0.05, 0) is 24.6 Å². The van der Waals surface area contributed by atoms with Crippen LogP contribution in [0.2, 0.25) is 0 Å². The monoisotopic (exact) mass is 308 g/mol. The highest BCUT2D eigenvalue weighted by Crippen LogP contribution is 2.28. The van der Waals surface area contributed by atoms with Crippen molar-refractivity contribution in [3.8, 4) is 0 Å². The fourth-order valence-electron chi connectivity index (χ4n) is 2.23. The van der Waals surface area contributed by atoms with Crippen molar-refractivity contribution in [1.29, 1.82) is 0 Å². The van der Waals surface area contributed by atoms with Crippen molar-refractivity contribution < 1.29 is 14.4 Å². The highest BCUT2D eigenvalue weighted by atomic mass is 79.9. The maximum absolute atomic E-state index is 11.9. The number of carbonyl (C=O) groups is 3. The number of benzene rings is 1. The molecule has 1 aromatic rings. The van der Waals surface area contributed by atoms with Crippen molar-refractivity contribution in [3.63, 3.8) is 0 Å². The lowest BCUT2D eigenvalue weighted by atomic mass is 10.1. The molecule has 0 aromatic heterocycles. The van der Waals surface area contributed by atoms with E-state index in [9.17, 15) is 14.4 Å². The van der Waals surface area contributed by atoms with Crippen LogP contribution in [0, 0.1) is 0 Å². The summed E-state index contributed by atoms with van der Waals surface area (Å²) in [6, 6.07) is 4.87. The topological polar surface area (TPSA) is 66.5 Å². The van der Waals surface area contributed by atoms with Gasteiger partial charge in [0.25, 0.3) is 11.8 Å². The normalized spacial score (nSPS) is 22.4. The number of amides is 3. The first-order chi connectivity index (χ1) is 8.58. The summed E-state index contributed by atoms with van der Waals surface area (Å²) >= 11 is 3.30. The van der Waals surface area contributed by atoms with Crippen LogP contribution < -0.4 is 10.2 Å². The van der Waals surface area contributed by atoms with E-state index in [-0.39, 0.29) is 16.6 Å². The van der Waals surface area contributed by atoms with Gasteiger partial charge >= 0.3 is 0 Å². The van der Waals surface area contributed by atoms with E-state index < -0.39 is 5.91 Å². The summed E-state index contributed by atoms with van der Waals surface area (Å²) in [5.74, 6) is -0.800. The smallest absolute Gasteiger partial charge is 0.259 e. The van der Waals surface area contributed by atoms with Gasteiger partial charge in [0.2, 0.25) is 5.91 Å². The van der Waals surface area contributed by atoms with Crippen LogP contribution in [0.3, 0.4) is 0 Å². The Bertz CT molecular complexity index is 585. The molecule has 6 heteroatoms. The maximum atomic E-state index is 11.9. The number of hydrogen-bond acceptors (Lipinski definition) is 3. The number of nitrogens with zero attached hydrogens (tertiary/aromatic N) is 1. The fourth-order valence-corrected chi connectivity index (χ4v) is 2.68. The molecule has 1 atom stereocenters. The quantitative estimate of drug-likeness (QED) is 0.623. The van der Waals surface area contributed by atoms with Gasteiger partial charge in [0.1, 0.15) is 0 Å². The van der Waals surface area contributed by atoms with E-state index in [1.807, 2.05) is 0 Å². The van der Waals surface area contributed by atoms with Crippen molar-refractivity contribution in [2.75, 3.05) is 11.4 Å². The summed E-state index contributed by atoms with van der Waals surface area (Å²) in [7, 11) is 0. The lowest BCUT2D eigenvalue weighted by Crippen LogP contribution is -2.27. The molecule has 0 saturated carbocycles. The molecule has 2 aliphatic heterocycles. The lowest BCUT2D eigenvalue weighted by molar-refractivity contribution is -0.116. The number of halogens is 1. The average Bonchev–Trinajstić information content (AvgIpc) is 2.82. The molecule has 3 amide bonds. The van der Waals surface area contributed by atoms with Gasteiger partial charge in [-0.15, -0.1) is 0 Å². The van der Waals surface area contributed by atoms with E-state index >= 15 is 0 Å². The summed E-state index contributed by atoms with van der Waals surface area (Å²) in [4.78, 5) is 36.3. The molecule has 1 saturated heterocycles. The number of anilines is 1. The Balaban J connectivity index is 2.01. The lowest BCUT2D eigenvalue weighted by Gasteiger charge is -2.16. The zero-order valence-corrected chi connectivity index (χ0v) is 10.9. The van der Waals surface area contributed by atoms with Gasteiger partial charge in [0.15, 0.2) is 0 Å². The Morgan fingerprint density at radius 3 is 2.56 bits per heavy atom. The zero-order valence-electron chi connectivity index (χ0n) is 9.27. The van der Waals surface area contributed by atoms with Crippen LogP contribution in [-0.4, -0.2) is 29.1 Å². The number of carbonyl (C=O) groups excluding carboxylic acids is 3. The van der Waals surface area contributed by atoms with Gasteiger partial charge in [0, 0.05) is 12.2 Å². The first-order valence-electron chi connectivity index (χ1n) is 5.53. The molecule has 2 heterocycles. The average molecular weight is 309 g/mol.